The second kappa shape index (κ2) is 6.27. The van der Waals surface area contributed by atoms with E-state index in [1.54, 1.807) is 4.90 Å². The molecular weight excluding hydrogens is 252 g/mol. The first-order valence-corrected chi connectivity index (χ1v) is 7.53. The number of amides is 1. The summed E-state index contributed by atoms with van der Waals surface area (Å²) in [5, 5.41) is 3.62. The molecule has 1 aromatic carbocycles. The predicted octanol–water partition coefficient (Wildman–Crippen LogP) is 2.54. The minimum atomic E-state index is -0.196. The van der Waals surface area contributed by atoms with Crippen molar-refractivity contribution in [2.45, 2.75) is 44.4 Å². The van der Waals surface area contributed by atoms with E-state index in [1.807, 2.05) is 30.3 Å². The van der Waals surface area contributed by atoms with Gasteiger partial charge in [-0.3, -0.25) is 0 Å². The average Bonchev–Trinajstić information content (AvgIpc) is 2.94. The maximum atomic E-state index is 11.9. The zero-order valence-corrected chi connectivity index (χ0v) is 11.8. The van der Waals surface area contributed by atoms with Gasteiger partial charge < -0.3 is 15.0 Å². The number of carbonyl (C=O) groups is 1. The Labute approximate surface area is 120 Å². The number of rotatable bonds is 4. The van der Waals surface area contributed by atoms with Gasteiger partial charge in [0, 0.05) is 25.2 Å². The fraction of sp³-hybridized carbons (Fsp3) is 0.562. The molecule has 0 bridgehead atoms. The molecule has 108 valence electrons. The molecule has 2 aliphatic rings. The van der Waals surface area contributed by atoms with E-state index in [-0.39, 0.29) is 6.09 Å². The summed E-state index contributed by atoms with van der Waals surface area (Å²) in [7, 11) is 0. The Hall–Kier alpha value is -1.55. The Kier molecular flexibility index (Phi) is 4.21. The molecule has 0 unspecified atom stereocenters. The zero-order chi connectivity index (χ0) is 13.8. The summed E-state index contributed by atoms with van der Waals surface area (Å²) in [5.41, 5.74) is 1.03. The lowest BCUT2D eigenvalue weighted by molar-refractivity contribution is 0.0578. The molecule has 0 aromatic heterocycles. The number of carbonyl (C=O) groups excluding carboxylic acids is 1. The highest BCUT2D eigenvalue weighted by atomic mass is 16.6. The number of hydrogen-bond acceptors (Lipinski definition) is 3. The smallest absolute Gasteiger partial charge is 0.410 e. The summed E-state index contributed by atoms with van der Waals surface area (Å²) in [6.45, 7) is 1.92. The number of hydrogen-bond donors (Lipinski definition) is 1. The fourth-order valence-electron chi connectivity index (χ4n) is 2.97. The van der Waals surface area contributed by atoms with Crippen LogP contribution >= 0.6 is 0 Å². The lowest BCUT2D eigenvalue weighted by Gasteiger charge is -2.40. The van der Waals surface area contributed by atoms with Gasteiger partial charge in [-0.15, -0.1) is 0 Å². The molecule has 0 spiro atoms. The summed E-state index contributed by atoms with van der Waals surface area (Å²) in [4.78, 5) is 13.6. The quantitative estimate of drug-likeness (QED) is 0.917. The standard InChI is InChI=1S/C16H22N2O2/c19-16(20-12-13-6-2-1-3-7-13)18-10-15(11-18)17-14-8-4-5-9-14/h1-3,6-7,14-15,17H,4-5,8-12H2. The molecule has 0 radical (unpaired) electrons. The Balaban J connectivity index is 1.35. The van der Waals surface area contributed by atoms with E-state index in [2.05, 4.69) is 5.32 Å². The molecule has 4 heteroatoms. The monoisotopic (exact) mass is 274 g/mol. The molecule has 1 aliphatic heterocycles. The molecule has 20 heavy (non-hydrogen) atoms. The van der Waals surface area contributed by atoms with Gasteiger partial charge in [-0.2, -0.15) is 0 Å². The lowest BCUT2D eigenvalue weighted by atomic mass is 10.1. The van der Waals surface area contributed by atoms with E-state index in [1.165, 1.54) is 25.7 Å². The Morgan fingerprint density at radius 2 is 1.85 bits per heavy atom. The van der Waals surface area contributed by atoms with Gasteiger partial charge in [0.2, 0.25) is 0 Å². The second-order valence-corrected chi connectivity index (χ2v) is 5.79. The molecule has 1 saturated heterocycles. The van der Waals surface area contributed by atoms with Crippen LogP contribution in [0.5, 0.6) is 0 Å². The summed E-state index contributed by atoms with van der Waals surface area (Å²) >= 11 is 0. The molecule has 1 N–H and O–H groups in total. The number of nitrogens with one attached hydrogen (secondary N) is 1. The van der Waals surface area contributed by atoms with E-state index < -0.39 is 0 Å². The largest absolute Gasteiger partial charge is 0.445 e. The van der Waals surface area contributed by atoms with Crippen molar-refractivity contribution in [2.24, 2.45) is 0 Å². The Bertz CT molecular complexity index is 437. The normalized spacial score (nSPS) is 19.9. The Morgan fingerprint density at radius 1 is 1.15 bits per heavy atom. The van der Waals surface area contributed by atoms with Gasteiger partial charge in [0.15, 0.2) is 0 Å². The van der Waals surface area contributed by atoms with Crippen LogP contribution < -0.4 is 5.32 Å². The first kappa shape index (κ1) is 13.4. The van der Waals surface area contributed by atoms with Crippen LogP contribution in [0, 0.1) is 0 Å². The van der Waals surface area contributed by atoms with Crippen LogP contribution in [0.25, 0.3) is 0 Å². The van der Waals surface area contributed by atoms with Crippen molar-refractivity contribution < 1.29 is 9.53 Å². The van der Waals surface area contributed by atoms with Gasteiger partial charge >= 0.3 is 6.09 Å². The summed E-state index contributed by atoms with van der Waals surface area (Å²) in [6, 6.07) is 10.9. The molecule has 2 fully saturated rings. The second-order valence-electron chi connectivity index (χ2n) is 5.79. The molecule has 1 aliphatic carbocycles. The van der Waals surface area contributed by atoms with Gasteiger partial charge in [0.25, 0.3) is 0 Å². The van der Waals surface area contributed by atoms with Gasteiger partial charge in [-0.05, 0) is 18.4 Å². The molecule has 0 atom stereocenters. The third kappa shape index (κ3) is 3.31. The summed E-state index contributed by atoms with van der Waals surface area (Å²) in [6.07, 6.45) is 5.06. The minimum Gasteiger partial charge on any atom is -0.445 e. The first-order valence-electron chi connectivity index (χ1n) is 7.53. The first-order chi connectivity index (χ1) is 9.81. The molecule has 3 rings (SSSR count). The predicted molar refractivity (Wildman–Crippen MR) is 77.4 cm³/mol. The van der Waals surface area contributed by atoms with Gasteiger partial charge in [0.1, 0.15) is 6.61 Å². The topological polar surface area (TPSA) is 41.6 Å². The SMILES string of the molecule is O=C(OCc1ccccc1)N1CC(NC2CCCC2)C1. The van der Waals surface area contributed by atoms with Gasteiger partial charge in [-0.1, -0.05) is 43.2 Å². The number of benzene rings is 1. The minimum absolute atomic E-state index is 0.196. The van der Waals surface area contributed by atoms with Crippen LogP contribution in [0.15, 0.2) is 30.3 Å². The maximum Gasteiger partial charge on any atom is 0.410 e. The number of nitrogens with zero attached hydrogens (tertiary/aromatic N) is 1. The van der Waals surface area contributed by atoms with Crippen LogP contribution in [0.1, 0.15) is 31.2 Å². The third-order valence-electron chi connectivity index (χ3n) is 4.17. The molecule has 1 heterocycles. The van der Waals surface area contributed by atoms with Crippen molar-refractivity contribution in [2.75, 3.05) is 13.1 Å². The highest BCUT2D eigenvalue weighted by Crippen LogP contribution is 2.20. The van der Waals surface area contributed by atoms with Gasteiger partial charge in [0.05, 0.1) is 0 Å². The van der Waals surface area contributed by atoms with E-state index in [0.29, 0.717) is 18.7 Å². The van der Waals surface area contributed by atoms with Crippen LogP contribution in [0.3, 0.4) is 0 Å². The van der Waals surface area contributed by atoms with Crippen molar-refractivity contribution in [1.82, 2.24) is 10.2 Å². The van der Waals surface area contributed by atoms with Crippen molar-refractivity contribution in [3.63, 3.8) is 0 Å². The highest BCUT2D eigenvalue weighted by molar-refractivity contribution is 5.68. The van der Waals surface area contributed by atoms with E-state index in [0.717, 1.165) is 18.7 Å². The van der Waals surface area contributed by atoms with E-state index in [9.17, 15) is 4.79 Å². The van der Waals surface area contributed by atoms with Crippen molar-refractivity contribution >= 4 is 6.09 Å². The fourth-order valence-corrected chi connectivity index (χ4v) is 2.97. The van der Waals surface area contributed by atoms with Crippen LogP contribution in [-0.4, -0.2) is 36.2 Å². The maximum absolute atomic E-state index is 11.9. The molecular formula is C16H22N2O2. The summed E-state index contributed by atoms with van der Waals surface area (Å²) < 4.78 is 5.31. The van der Waals surface area contributed by atoms with Crippen LogP contribution in [-0.2, 0) is 11.3 Å². The van der Waals surface area contributed by atoms with Crippen molar-refractivity contribution in [3.8, 4) is 0 Å². The lowest BCUT2D eigenvalue weighted by Crippen LogP contribution is -2.61. The third-order valence-corrected chi connectivity index (χ3v) is 4.17. The molecule has 1 amide bonds. The van der Waals surface area contributed by atoms with E-state index >= 15 is 0 Å². The zero-order valence-electron chi connectivity index (χ0n) is 11.8. The van der Waals surface area contributed by atoms with Crippen LogP contribution in [0.4, 0.5) is 4.79 Å². The van der Waals surface area contributed by atoms with E-state index in [4.69, 9.17) is 4.74 Å². The molecule has 4 nitrogen and oxygen atoms in total. The van der Waals surface area contributed by atoms with Gasteiger partial charge in [-0.25, -0.2) is 4.79 Å². The number of ether oxygens (including phenoxy) is 1. The molecule has 1 aromatic rings. The molecule has 1 saturated carbocycles. The highest BCUT2D eigenvalue weighted by Gasteiger charge is 2.33. The number of likely N-dealkylation sites (tertiary alicyclic amines) is 1. The van der Waals surface area contributed by atoms with Crippen molar-refractivity contribution in [1.29, 1.82) is 0 Å². The summed E-state index contributed by atoms with van der Waals surface area (Å²) in [5.74, 6) is 0. The van der Waals surface area contributed by atoms with Crippen molar-refractivity contribution in [3.05, 3.63) is 35.9 Å². The average molecular weight is 274 g/mol. The van der Waals surface area contributed by atoms with Crippen LogP contribution in [0.2, 0.25) is 0 Å². The Morgan fingerprint density at radius 3 is 2.55 bits per heavy atom.